The topological polar surface area (TPSA) is 126 Å². The van der Waals surface area contributed by atoms with E-state index in [-0.39, 0.29) is 17.0 Å². The Kier molecular flexibility index (Phi) is 3.37. The molecule has 0 aliphatic carbocycles. The van der Waals surface area contributed by atoms with E-state index >= 15 is 0 Å². The number of ether oxygens (including phenoxy) is 1. The summed E-state index contributed by atoms with van der Waals surface area (Å²) >= 11 is 0. The average Bonchev–Trinajstić information content (AvgIpc) is 2.98. The number of nitrogens with zero attached hydrogens (tertiary/aromatic N) is 3. The van der Waals surface area contributed by atoms with E-state index in [9.17, 15) is 19.7 Å². The summed E-state index contributed by atoms with van der Waals surface area (Å²) in [5.74, 6) is -0.781. The number of rotatable bonds is 3. The molecule has 22 heavy (non-hydrogen) atoms. The molecule has 1 saturated heterocycles. The summed E-state index contributed by atoms with van der Waals surface area (Å²) in [7, 11) is 0. The van der Waals surface area contributed by atoms with E-state index in [2.05, 4.69) is 16.7 Å². The van der Waals surface area contributed by atoms with Crippen LogP contribution in [0.1, 0.15) is 5.69 Å². The van der Waals surface area contributed by atoms with Crippen molar-refractivity contribution in [3.05, 3.63) is 36.6 Å². The van der Waals surface area contributed by atoms with Crippen LogP contribution in [0.2, 0.25) is 0 Å². The van der Waals surface area contributed by atoms with Gasteiger partial charge >= 0.3 is 0 Å². The molecule has 0 radical (unpaired) electrons. The van der Waals surface area contributed by atoms with Crippen LogP contribution in [0, 0.1) is 5.82 Å². The zero-order valence-electron chi connectivity index (χ0n) is 11.4. The first kappa shape index (κ1) is 14.9. The normalized spacial score (nSPS) is 31.7. The first-order valence-electron chi connectivity index (χ1n) is 6.53. The quantitative estimate of drug-likeness (QED) is 0.533. The van der Waals surface area contributed by atoms with Gasteiger partial charge in [0, 0.05) is 6.07 Å². The number of hydrogen-bond acceptors (Lipinski definition) is 7. The largest absolute Gasteiger partial charge is 0.394 e. The number of hydrogen-bond donors (Lipinski definition) is 4. The predicted molar refractivity (Wildman–Crippen MR) is 73.2 cm³/mol. The first-order chi connectivity index (χ1) is 10.5. The summed E-state index contributed by atoms with van der Waals surface area (Å²) in [4.78, 5) is 3.71. The Bertz CT molecular complexity index is 736. The number of aliphatic hydroxyl groups is 3. The van der Waals surface area contributed by atoms with Crippen molar-refractivity contribution in [2.45, 2.75) is 23.9 Å². The Balaban J connectivity index is 2.25. The van der Waals surface area contributed by atoms with E-state index in [1.54, 1.807) is 0 Å². The van der Waals surface area contributed by atoms with Gasteiger partial charge in [-0.25, -0.2) is 13.9 Å². The van der Waals surface area contributed by atoms with E-state index in [1.165, 1.54) is 6.08 Å². The van der Waals surface area contributed by atoms with Gasteiger partial charge in [-0.3, -0.25) is 0 Å². The summed E-state index contributed by atoms with van der Waals surface area (Å²) in [5.41, 5.74) is 4.02. The van der Waals surface area contributed by atoms with Gasteiger partial charge < -0.3 is 25.8 Å². The van der Waals surface area contributed by atoms with E-state index in [0.717, 1.165) is 16.9 Å². The van der Waals surface area contributed by atoms with Gasteiger partial charge in [0.2, 0.25) is 0 Å². The summed E-state index contributed by atoms with van der Waals surface area (Å²) in [6.07, 6.45) is -1.51. The highest BCUT2D eigenvalue weighted by Gasteiger charge is 2.55. The number of halogens is 1. The molecule has 0 aromatic carbocycles. The number of anilines is 1. The number of aliphatic hydroxyl groups excluding tert-OH is 3. The molecule has 2 aromatic rings. The van der Waals surface area contributed by atoms with Gasteiger partial charge in [-0.05, 0) is 0 Å². The minimum absolute atomic E-state index is 0.0727. The van der Waals surface area contributed by atoms with Crippen LogP contribution < -0.4 is 5.73 Å². The Morgan fingerprint density at radius 3 is 2.86 bits per heavy atom. The number of nitrogens with two attached hydrogens (primary N) is 1. The molecule has 3 heterocycles. The maximum Gasteiger partial charge on any atom is 0.157 e. The first-order valence-corrected chi connectivity index (χ1v) is 6.53. The molecule has 1 aliphatic rings. The minimum Gasteiger partial charge on any atom is -0.394 e. The highest BCUT2D eigenvalue weighted by atomic mass is 19.1. The van der Waals surface area contributed by atoms with E-state index in [1.807, 2.05) is 0 Å². The average molecular weight is 310 g/mol. The van der Waals surface area contributed by atoms with Crippen LogP contribution in [0.3, 0.4) is 0 Å². The van der Waals surface area contributed by atoms with Gasteiger partial charge in [0.05, 0.1) is 12.3 Å². The molecule has 118 valence electrons. The molecule has 0 saturated carbocycles. The molecule has 5 N–H and O–H groups in total. The Labute approximate surface area is 124 Å². The minimum atomic E-state index is -1.64. The molecule has 0 spiro atoms. The molecule has 0 bridgehead atoms. The van der Waals surface area contributed by atoms with Crippen molar-refractivity contribution in [1.82, 2.24) is 14.6 Å². The second kappa shape index (κ2) is 4.99. The Hall–Kier alpha value is -2.07. The van der Waals surface area contributed by atoms with Crippen LogP contribution in [-0.2, 0) is 10.3 Å². The number of aromatic nitrogens is 3. The van der Waals surface area contributed by atoms with Gasteiger partial charge in [0.15, 0.2) is 17.2 Å². The van der Waals surface area contributed by atoms with Crippen molar-refractivity contribution in [3.8, 4) is 0 Å². The SMILES string of the molecule is C=C[C@@]1(c2cc(F)c3c(N)ncnn23)O[C@H](CO)[C@@H](O)[C@H]1O. The van der Waals surface area contributed by atoms with Gasteiger partial charge in [0.25, 0.3) is 0 Å². The zero-order chi connectivity index (χ0) is 16.1. The fraction of sp³-hybridized carbons (Fsp3) is 0.385. The van der Waals surface area contributed by atoms with Gasteiger partial charge in [0.1, 0.15) is 30.2 Å². The monoisotopic (exact) mass is 310 g/mol. The molecule has 0 unspecified atom stereocenters. The Morgan fingerprint density at radius 2 is 2.27 bits per heavy atom. The third-order valence-corrected chi connectivity index (χ3v) is 3.91. The van der Waals surface area contributed by atoms with Crippen molar-refractivity contribution < 1.29 is 24.4 Å². The van der Waals surface area contributed by atoms with Gasteiger partial charge in [-0.2, -0.15) is 5.10 Å². The molecule has 1 fully saturated rings. The van der Waals surface area contributed by atoms with Crippen LogP contribution in [0.15, 0.2) is 25.0 Å². The zero-order valence-corrected chi connectivity index (χ0v) is 11.4. The van der Waals surface area contributed by atoms with Gasteiger partial charge in [-0.15, -0.1) is 0 Å². The van der Waals surface area contributed by atoms with Crippen LogP contribution in [0.25, 0.3) is 5.52 Å². The number of nitrogen functional groups attached to an aromatic ring is 1. The lowest BCUT2D eigenvalue weighted by Crippen LogP contribution is -2.40. The maximum atomic E-state index is 14.2. The van der Waals surface area contributed by atoms with Crippen molar-refractivity contribution in [3.63, 3.8) is 0 Å². The molecule has 1 aliphatic heterocycles. The summed E-state index contributed by atoms with van der Waals surface area (Å²) in [5, 5.41) is 33.5. The van der Waals surface area contributed by atoms with Crippen LogP contribution in [-0.4, -0.2) is 54.8 Å². The van der Waals surface area contributed by atoms with Crippen LogP contribution >= 0.6 is 0 Å². The molecular weight excluding hydrogens is 295 g/mol. The highest BCUT2D eigenvalue weighted by Crippen LogP contribution is 2.42. The van der Waals surface area contributed by atoms with E-state index in [0.29, 0.717) is 0 Å². The standard InChI is InChI=1S/C13H15FN4O4/c1-2-13(11(21)10(20)7(4-19)22-13)8-3-6(14)9-12(15)16-5-17-18(8)9/h2-3,5,7,10-11,19-21H,1,4H2,(H2,15,16,17)/t7-,10-,11-,13+/m1/s1. The summed E-state index contributed by atoms with van der Waals surface area (Å²) in [6.45, 7) is 3.08. The molecular formula is C13H15FN4O4. The molecule has 8 nitrogen and oxygen atoms in total. The number of fused-ring (bicyclic) bond motifs is 1. The molecule has 4 atom stereocenters. The molecule has 3 rings (SSSR count). The fourth-order valence-corrected chi connectivity index (χ4v) is 2.78. The van der Waals surface area contributed by atoms with Crippen molar-refractivity contribution in [2.75, 3.05) is 12.3 Å². The van der Waals surface area contributed by atoms with E-state index in [4.69, 9.17) is 10.5 Å². The molecule has 0 amide bonds. The predicted octanol–water partition coefficient (Wildman–Crippen LogP) is -1.06. The fourth-order valence-electron chi connectivity index (χ4n) is 2.78. The lowest BCUT2D eigenvalue weighted by atomic mass is 9.91. The van der Waals surface area contributed by atoms with E-state index < -0.39 is 36.3 Å². The lowest BCUT2D eigenvalue weighted by Gasteiger charge is -2.28. The molecule has 2 aromatic heterocycles. The third kappa shape index (κ3) is 1.77. The second-order valence-electron chi connectivity index (χ2n) is 5.05. The summed E-state index contributed by atoms with van der Waals surface area (Å²) in [6, 6.07) is 1.08. The summed E-state index contributed by atoms with van der Waals surface area (Å²) < 4.78 is 20.9. The highest BCUT2D eigenvalue weighted by molar-refractivity contribution is 5.67. The van der Waals surface area contributed by atoms with Crippen LogP contribution in [0.5, 0.6) is 0 Å². The maximum absolute atomic E-state index is 14.2. The second-order valence-corrected chi connectivity index (χ2v) is 5.05. The molecule has 9 heteroatoms. The third-order valence-electron chi connectivity index (χ3n) is 3.91. The van der Waals surface area contributed by atoms with Crippen molar-refractivity contribution >= 4 is 11.3 Å². The Morgan fingerprint density at radius 1 is 1.55 bits per heavy atom. The smallest absolute Gasteiger partial charge is 0.157 e. The lowest BCUT2D eigenvalue weighted by molar-refractivity contribution is -0.0692. The van der Waals surface area contributed by atoms with Crippen molar-refractivity contribution in [1.29, 1.82) is 0 Å². The van der Waals surface area contributed by atoms with Gasteiger partial charge in [-0.1, -0.05) is 12.7 Å². The van der Waals surface area contributed by atoms with Crippen LogP contribution in [0.4, 0.5) is 10.2 Å². The van der Waals surface area contributed by atoms with Crippen molar-refractivity contribution in [2.24, 2.45) is 0 Å².